The lowest BCUT2D eigenvalue weighted by Gasteiger charge is -2.13. The lowest BCUT2D eigenvalue weighted by atomic mass is 10.0. The molecule has 7 heteroatoms. The van der Waals surface area contributed by atoms with Gasteiger partial charge in [0.25, 0.3) is 0 Å². The van der Waals surface area contributed by atoms with Gasteiger partial charge < -0.3 is 5.73 Å². The third kappa shape index (κ3) is 2.79. The van der Waals surface area contributed by atoms with Crippen LogP contribution < -0.4 is 5.73 Å². The first-order valence-corrected chi connectivity index (χ1v) is 10.3. The van der Waals surface area contributed by atoms with Crippen molar-refractivity contribution in [2.75, 3.05) is 0 Å². The van der Waals surface area contributed by atoms with Gasteiger partial charge in [-0.05, 0) is 46.3 Å². The fourth-order valence-corrected chi connectivity index (χ4v) is 5.65. The number of hydrogen-bond acceptors (Lipinski definition) is 4. The van der Waals surface area contributed by atoms with Crippen LogP contribution in [0.1, 0.15) is 10.4 Å². The summed E-state index contributed by atoms with van der Waals surface area (Å²) in [5, 5.41) is 0.756. The molecule has 0 bridgehead atoms. The summed E-state index contributed by atoms with van der Waals surface area (Å²) >= 11 is 3.29. The van der Waals surface area contributed by atoms with E-state index in [1.807, 2.05) is 0 Å². The van der Waals surface area contributed by atoms with Crippen molar-refractivity contribution in [1.82, 2.24) is 4.98 Å². The number of halogens is 1. The number of benzene rings is 3. The molecule has 0 aliphatic heterocycles. The summed E-state index contributed by atoms with van der Waals surface area (Å²) in [6, 6.07) is 18.3. The molecule has 1 amide bonds. The van der Waals surface area contributed by atoms with Crippen LogP contribution in [0.15, 0.2) is 81.0 Å². The lowest BCUT2D eigenvalue weighted by molar-refractivity contribution is 0.100. The fraction of sp³-hybridized carbons (Fsp3) is 0. The number of primary amides is 1. The van der Waals surface area contributed by atoms with Gasteiger partial charge in [0.2, 0.25) is 15.7 Å². The third-order valence-corrected chi connectivity index (χ3v) is 7.14. The third-order valence-electron chi connectivity index (χ3n) is 4.33. The van der Waals surface area contributed by atoms with Crippen LogP contribution in [0.4, 0.5) is 0 Å². The molecule has 27 heavy (non-hydrogen) atoms. The Balaban J connectivity index is 2.19. The van der Waals surface area contributed by atoms with Crippen LogP contribution in [0.5, 0.6) is 0 Å². The van der Waals surface area contributed by atoms with E-state index < -0.39 is 15.7 Å². The molecule has 0 aliphatic rings. The Kier molecular flexibility index (Phi) is 4.20. The largest absolute Gasteiger partial charge is 0.366 e. The molecule has 0 aliphatic carbocycles. The minimum absolute atomic E-state index is 0.000969. The summed E-state index contributed by atoms with van der Waals surface area (Å²) in [5.74, 6) is -0.701. The molecule has 3 aromatic carbocycles. The van der Waals surface area contributed by atoms with Crippen LogP contribution in [0.3, 0.4) is 0 Å². The average molecular weight is 441 g/mol. The van der Waals surface area contributed by atoms with Gasteiger partial charge >= 0.3 is 0 Å². The average Bonchev–Trinajstić information content (AvgIpc) is 2.65. The van der Waals surface area contributed by atoms with Crippen molar-refractivity contribution in [3.63, 3.8) is 0 Å². The van der Waals surface area contributed by atoms with Gasteiger partial charge in [-0.15, -0.1) is 0 Å². The van der Waals surface area contributed by atoms with Gasteiger partial charge in [0, 0.05) is 15.2 Å². The van der Waals surface area contributed by atoms with Crippen molar-refractivity contribution >= 4 is 53.5 Å². The molecule has 4 aromatic rings. The maximum atomic E-state index is 13.4. The lowest BCUT2D eigenvalue weighted by Crippen LogP contribution is -2.15. The maximum absolute atomic E-state index is 13.4. The Morgan fingerprint density at radius 2 is 1.48 bits per heavy atom. The predicted molar refractivity (Wildman–Crippen MR) is 107 cm³/mol. The number of carbonyl (C=O) groups excluding carboxylic acids is 1. The Morgan fingerprint density at radius 1 is 0.852 bits per heavy atom. The van der Waals surface area contributed by atoms with Crippen LogP contribution in [0.25, 0.3) is 21.8 Å². The smallest absolute Gasteiger partial charge is 0.250 e. The molecule has 0 unspecified atom stereocenters. The highest BCUT2D eigenvalue weighted by molar-refractivity contribution is 9.10. The fourth-order valence-electron chi connectivity index (χ4n) is 3.17. The van der Waals surface area contributed by atoms with E-state index in [9.17, 15) is 13.2 Å². The minimum atomic E-state index is -3.92. The molecule has 1 aromatic heterocycles. The number of rotatable bonds is 3. The van der Waals surface area contributed by atoms with E-state index in [0.717, 1.165) is 0 Å². The van der Waals surface area contributed by atoms with Gasteiger partial charge in [0.1, 0.15) is 0 Å². The van der Waals surface area contributed by atoms with E-state index in [0.29, 0.717) is 20.9 Å². The first-order chi connectivity index (χ1) is 12.9. The van der Waals surface area contributed by atoms with Crippen LogP contribution >= 0.6 is 15.9 Å². The van der Waals surface area contributed by atoms with E-state index in [1.54, 1.807) is 54.6 Å². The second-order valence-corrected chi connectivity index (χ2v) is 8.69. The predicted octanol–water partition coefficient (Wildman–Crippen LogP) is 4.08. The van der Waals surface area contributed by atoms with Crippen LogP contribution in [0, 0.1) is 0 Å². The molecule has 0 fully saturated rings. The highest BCUT2D eigenvalue weighted by atomic mass is 79.9. The molecule has 1 heterocycles. The molecule has 0 spiro atoms. The van der Waals surface area contributed by atoms with Gasteiger partial charge in [-0.3, -0.25) is 4.79 Å². The monoisotopic (exact) mass is 440 g/mol. The normalized spacial score (nSPS) is 11.7. The van der Waals surface area contributed by atoms with Crippen LogP contribution in [-0.4, -0.2) is 19.3 Å². The van der Waals surface area contributed by atoms with Crippen molar-refractivity contribution < 1.29 is 13.2 Å². The molecule has 0 atom stereocenters. The summed E-state index contributed by atoms with van der Waals surface area (Å²) < 4.78 is 27.2. The summed E-state index contributed by atoms with van der Waals surface area (Å²) in [4.78, 5) is 16.9. The van der Waals surface area contributed by atoms with Gasteiger partial charge in [-0.2, -0.15) is 0 Å². The molecule has 134 valence electrons. The first-order valence-electron chi connectivity index (χ1n) is 8.02. The number of aromatic nitrogens is 1. The van der Waals surface area contributed by atoms with Crippen molar-refractivity contribution in [3.8, 4) is 0 Å². The van der Waals surface area contributed by atoms with E-state index in [-0.39, 0.29) is 20.7 Å². The number of sulfone groups is 1. The summed E-state index contributed by atoms with van der Waals surface area (Å²) in [6.45, 7) is 0. The molecule has 0 saturated carbocycles. The van der Waals surface area contributed by atoms with Crippen molar-refractivity contribution in [3.05, 3.63) is 76.8 Å². The zero-order chi connectivity index (χ0) is 19.2. The number of nitrogens with zero attached hydrogens (tertiary/aromatic N) is 1. The summed E-state index contributed by atoms with van der Waals surface area (Å²) in [6.07, 6.45) is 0. The molecule has 2 N–H and O–H groups in total. The van der Waals surface area contributed by atoms with E-state index in [2.05, 4.69) is 20.9 Å². The number of nitrogens with two attached hydrogens (primary N) is 1. The number of fused-ring (bicyclic) bond motifs is 2. The number of carbonyl (C=O) groups is 1. The van der Waals surface area contributed by atoms with Gasteiger partial charge in [0.05, 0.1) is 26.4 Å². The summed E-state index contributed by atoms with van der Waals surface area (Å²) in [5.41, 5.74) is 6.79. The Morgan fingerprint density at radius 3 is 2.22 bits per heavy atom. The SMILES string of the molecule is NC(=O)c1c2ccccc2nc2cccc(S(=O)(=O)c3ccccc3Br)c12. The Labute approximate surface area is 163 Å². The zero-order valence-electron chi connectivity index (χ0n) is 13.9. The molecule has 5 nitrogen and oxygen atoms in total. The zero-order valence-corrected chi connectivity index (χ0v) is 16.3. The number of para-hydroxylation sites is 1. The van der Waals surface area contributed by atoms with Gasteiger partial charge in [-0.1, -0.05) is 36.4 Å². The molecular formula is C20H13BrN2O3S. The van der Waals surface area contributed by atoms with E-state index in [4.69, 9.17) is 5.73 Å². The molecule has 0 radical (unpaired) electrons. The van der Waals surface area contributed by atoms with Gasteiger partial charge in [-0.25, -0.2) is 13.4 Å². The molecule has 4 rings (SSSR count). The first kappa shape index (κ1) is 17.6. The second-order valence-electron chi connectivity index (χ2n) is 5.95. The highest BCUT2D eigenvalue weighted by Gasteiger charge is 2.26. The highest BCUT2D eigenvalue weighted by Crippen LogP contribution is 2.35. The number of amides is 1. The van der Waals surface area contributed by atoms with Crippen LogP contribution in [0.2, 0.25) is 0 Å². The Bertz CT molecular complexity index is 1330. The molecular weight excluding hydrogens is 428 g/mol. The van der Waals surface area contributed by atoms with Crippen molar-refractivity contribution in [1.29, 1.82) is 0 Å². The van der Waals surface area contributed by atoms with E-state index >= 15 is 0 Å². The topological polar surface area (TPSA) is 90.1 Å². The standard InChI is InChI=1S/C20H13BrN2O3S/c21-13-7-2-4-10-16(13)27(25,26)17-11-5-9-15-19(17)18(20(22)24)12-6-1-3-8-14(12)23-15/h1-11H,(H2,22,24). The number of pyridine rings is 1. The quantitative estimate of drug-likeness (QED) is 0.485. The van der Waals surface area contributed by atoms with Crippen LogP contribution in [-0.2, 0) is 9.84 Å². The second kappa shape index (κ2) is 6.44. The minimum Gasteiger partial charge on any atom is -0.366 e. The van der Waals surface area contributed by atoms with Crippen molar-refractivity contribution in [2.45, 2.75) is 9.79 Å². The Hall–Kier alpha value is -2.77. The molecule has 0 saturated heterocycles. The summed E-state index contributed by atoms with van der Waals surface area (Å²) in [7, 11) is -3.92. The van der Waals surface area contributed by atoms with Crippen molar-refractivity contribution in [2.24, 2.45) is 5.73 Å². The van der Waals surface area contributed by atoms with Gasteiger partial charge in [0.15, 0.2) is 0 Å². The maximum Gasteiger partial charge on any atom is 0.250 e. The van der Waals surface area contributed by atoms with E-state index in [1.165, 1.54) is 12.1 Å². The number of hydrogen-bond donors (Lipinski definition) is 1.